The van der Waals surface area contributed by atoms with Gasteiger partial charge in [0.15, 0.2) is 0 Å². The molecule has 4 heterocycles. The molecule has 1 atom stereocenters. The average Bonchev–Trinajstić information content (AvgIpc) is 3.80. The number of aromatic nitrogens is 2. The van der Waals surface area contributed by atoms with E-state index in [1.807, 2.05) is 20.9 Å². The summed E-state index contributed by atoms with van der Waals surface area (Å²) in [5.74, 6) is 1.72. The fourth-order valence-corrected chi connectivity index (χ4v) is 9.94. The number of anilines is 1. The number of piperidine rings is 1. The lowest BCUT2D eigenvalue weighted by molar-refractivity contribution is 0.0351. The molecule has 47 heavy (non-hydrogen) atoms. The van der Waals surface area contributed by atoms with Crippen molar-refractivity contribution >= 4 is 16.0 Å². The topological polar surface area (TPSA) is 91.3 Å². The van der Waals surface area contributed by atoms with Gasteiger partial charge in [0.05, 0.1) is 18.0 Å². The van der Waals surface area contributed by atoms with E-state index in [9.17, 15) is 8.42 Å². The number of likely N-dealkylation sites (N-methyl/N-ethyl adjacent to an activating group) is 1. The van der Waals surface area contributed by atoms with Crippen LogP contribution in [0.3, 0.4) is 0 Å². The molecule has 10 nitrogen and oxygen atoms in total. The Morgan fingerprint density at radius 2 is 1.66 bits per heavy atom. The van der Waals surface area contributed by atoms with Crippen molar-refractivity contribution < 1.29 is 17.9 Å². The molecule has 0 amide bonds. The third-order valence-corrected chi connectivity index (χ3v) is 12.7. The van der Waals surface area contributed by atoms with Crippen LogP contribution in [-0.2, 0) is 15.6 Å². The molecule has 11 heteroatoms. The molecule has 0 saturated carbocycles. The molecule has 2 aromatic carbocycles. The van der Waals surface area contributed by atoms with Gasteiger partial charge in [0.25, 0.3) is 0 Å². The second-order valence-corrected chi connectivity index (χ2v) is 15.2. The molecular formula is C36H50N6O4S. The van der Waals surface area contributed by atoms with Crippen LogP contribution in [0.2, 0.25) is 0 Å². The fraction of sp³-hybridized carbons (Fsp3) is 0.556. The first-order chi connectivity index (χ1) is 22.7. The predicted molar refractivity (Wildman–Crippen MR) is 185 cm³/mol. The zero-order chi connectivity index (χ0) is 33.0. The summed E-state index contributed by atoms with van der Waals surface area (Å²) in [6, 6.07) is 16.2. The second-order valence-electron chi connectivity index (χ2n) is 13.4. The van der Waals surface area contributed by atoms with E-state index in [1.54, 1.807) is 35.8 Å². The molecule has 1 aromatic heterocycles. The van der Waals surface area contributed by atoms with Crippen LogP contribution in [-0.4, -0.2) is 105 Å². The van der Waals surface area contributed by atoms with Gasteiger partial charge in [-0.05, 0) is 94.3 Å². The molecule has 0 unspecified atom stereocenters. The lowest BCUT2D eigenvalue weighted by atomic mass is 9.79. The number of benzene rings is 2. The van der Waals surface area contributed by atoms with Gasteiger partial charge in [-0.2, -0.15) is 9.29 Å². The van der Waals surface area contributed by atoms with Crippen LogP contribution >= 0.6 is 0 Å². The molecule has 0 aliphatic carbocycles. The van der Waals surface area contributed by atoms with E-state index in [2.05, 4.69) is 50.0 Å². The Kier molecular flexibility index (Phi) is 10.4. The first-order valence-electron chi connectivity index (χ1n) is 17.1. The largest absolute Gasteiger partial charge is 0.497 e. The highest BCUT2D eigenvalue weighted by Crippen LogP contribution is 2.41. The number of sulfonamides is 1. The summed E-state index contributed by atoms with van der Waals surface area (Å²) in [7, 11) is -0.0874. The Morgan fingerprint density at radius 3 is 2.34 bits per heavy atom. The van der Waals surface area contributed by atoms with Crippen LogP contribution in [0.4, 0.5) is 5.95 Å². The molecule has 6 rings (SSSR count). The van der Waals surface area contributed by atoms with E-state index in [0.29, 0.717) is 40.1 Å². The van der Waals surface area contributed by atoms with Gasteiger partial charge in [0.1, 0.15) is 12.4 Å². The summed E-state index contributed by atoms with van der Waals surface area (Å²) >= 11 is 0. The van der Waals surface area contributed by atoms with Crippen LogP contribution in [0.25, 0.3) is 0 Å². The van der Waals surface area contributed by atoms with Gasteiger partial charge in [-0.25, -0.2) is 13.4 Å². The Bertz CT molecular complexity index is 1580. The molecule has 3 fully saturated rings. The number of methoxy groups -OCH3 is 1. The Morgan fingerprint density at radius 1 is 0.957 bits per heavy atom. The molecule has 3 aliphatic heterocycles. The van der Waals surface area contributed by atoms with Gasteiger partial charge in [-0.1, -0.05) is 30.3 Å². The van der Waals surface area contributed by atoms with Gasteiger partial charge in [-0.15, -0.1) is 0 Å². The summed E-state index contributed by atoms with van der Waals surface area (Å²) in [4.78, 5) is 16.9. The van der Waals surface area contributed by atoms with Crippen molar-refractivity contribution in [2.75, 3.05) is 71.5 Å². The minimum Gasteiger partial charge on any atom is -0.497 e. The van der Waals surface area contributed by atoms with E-state index >= 15 is 0 Å². The first-order valence-corrected chi connectivity index (χ1v) is 18.5. The minimum atomic E-state index is -3.70. The normalized spacial score (nSPS) is 20.8. The van der Waals surface area contributed by atoms with Gasteiger partial charge < -0.3 is 19.3 Å². The lowest BCUT2D eigenvalue weighted by Crippen LogP contribution is -2.53. The number of rotatable bonds is 12. The summed E-state index contributed by atoms with van der Waals surface area (Å²) < 4.78 is 40.7. The molecule has 3 aliphatic rings. The quantitative estimate of drug-likeness (QED) is 0.270. The molecule has 3 aromatic rings. The van der Waals surface area contributed by atoms with Crippen LogP contribution < -0.4 is 14.4 Å². The summed E-state index contributed by atoms with van der Waals surface area (Å²) in [5.41, 5.74) is 2.98. The number of likely N-dealkylation sites (tertiary alicyclic amines) is 2. The standard InChI is InChI=1S/C36H50N6O4S/c1-28-25-32(45-4)26-29(2)34(28)47(43,44)42-20-10-13-31(42)27-46-33-14-17-37-35(38-33)39(3)23-24-40-21-15-36(16-22-40,41-18-8-9-19-41)30-11-6-5-7-12-30/h5-7,11-12,14,17,25-26,31H,8-10,13,15-16,18-24,27H2,1-4H3/t31-/m0/s1. The van der Waals surface area contributed by atoms with Gasteiger partial charge in [-0.3, -0.25) is 4.90 Å². The van der Waals surface area contributed by atoms with Gasteiger partial charge in [0, 0.05) is 57.6 Å². The van der Waals surface area contributed by atoms with Crippen molar-refractivity contribution in [3.05, 3.63) is 71.4 Å². The third kappa shape index (κ3) is 7.13. The van der Waals surface area contributed by atoms with E-state index < -0.39 is 10.0 Å². The molecule has 254 valence electrons. The lowest BCUT2D eigenvalue weighted by Gasteiger charge is -2.48. The second kappa shape index (κ2) is 14.5. The van der Waals surface area contributed by atoms with Gasteiger partial charge in [0.2, 0.25) is 21.9 Å². The molecule has 0 spiro atoms. The van der Waals surface area contributed by atoms with Gasteiger partial charge >= 0.3 is 0 Å². The number of hydrogen-bond donors (Lipinski definition) is 0. The van der Waals surface area contributed by atoms with Crippen molar-refractivity contribution in [1.82, 2.24) is 24.1 Å². The summed E-state index contributed by atoms with van der Waals surface area (Å²) in [5, 5.41) is 0. The Labute approximate surface area is 280 Å². The van der Waals surface area contributed by atoms with Crippen LogP contribution in [0.5, 0.6) is 11.6 Å². The van der Waals surface area contributed by atoms with E-state index in [4.69, 9.17) is 14.5 Å². The highest BCUT2D eigenvalue weighted by Gasteiger charge is 2.42. The van der Waals surface area contributed by atoms with Crippen molar-refractivity contribution in [3.63, 3.8) is 0 Å². The fourth-order valence-electron chi connectivity index (χ4n) is 7.84. The SMILES string of the molecule is COc1cc(C)c(S(=O)(=O)N2CCC[C@H]2COc2ccnc(N(C)CCN3CCC(c4ccccc4)(N4CCCC4)CC3)n2)c(C)c1. The minimum absolute atomic E-state index is 0.148. The Hall–Kier alpha value is -3.25. The van der Waals surface area contributed by atoms with E-state index in [1.165, 1.54) is 31.5 Å². The Balaban J connectivity index is 1.04. The molecule has 0 bridgehead atoms. The van der Waals surface area contributed by atoms with Crippen molar-refractivity contribution in [2.24, 2.45) is 0 Å². The van der Waals surface area contributed by atoms with Crippen LogP contribution in [0.15, 0.2) is 59.6 Å². The number of nitrogens with zero attached hydrogens (tertiary/aromatic N) is 6. The predicted octanol–water partition coefficient (Wildman–Crippen LogP) is 4.86. The van der Waals surface area contributed by atoms with Crippen molar-refractivity contribution in [2.45, 2.75) is 68.8 Å². The maximum absolute atomic E-state index is 13.8. The highest BCUT2D eigenvalue weighted by molar-refractivity contribution is 7.89. The van der Waals surface area contributed by atoms with E-state index in [0.717, 1.165) is 51.9 Å². The highest BCUT2D eigenvalue weighted by atomic mass is 32.2. The van der Waals surface area contributed by atoms with Crippen LogP contribution in [0, 0.1) is 13.8 Å². The number of hydrogen-bond acceptors (Lipinski definition) is 9. The zero-order valence-corrected chi connectivity index (χ0v) is 29.2. The summed E-state index contributed by atoms with van der Waals surface area (Å²) in [6.07, 6.45) is 8.13. The van der Waals surface area contributed by atoms with E-state index in [-0.39, 0.29) is 18.2 Å². The van der Waals surface area contributed by atoms with Crippen molar-refractivity contribution in [1.29, 1.82) is 0 Å². The van der Waals surface area contributed by atoms with Crippen LogP contribution in [0.1, 0.15) is 55.2 Å². The summed E-state index contributed by atoms with van der Waals surface area (Å²) in [6.45, 7) is 10.6. The first kappa shape index (κ1) is 33.6. The zero-order valence-electron chi connectivity index (χ0n) is 28.4. The maximum Gasteiger partial charge on any atom is 0.243 e. The average molecular weight is 663 g/mol. The molecule has 0 radical (unpaired) electrons. The maximum atomic E-state index is 13.8. The number of aryl methyl sites for hydroxylation is 2. The molecule has 3 saturated heterocycles. The number of ether oxygens (including phenoxy) is 2. The smallest absolute Gasteiger partial charge is 0.243 e. The third-order valence-electron chi connectivity index (χ3n) is 10.4. The van der Waals surface area contributed by atoms with Crippen molar-refractivity contribution in [3.8, 4) is 11.6 Å². The molecular weight excluding hydrogens is 613 g/mol. The molecule has 0 N–H and O–H groups in total. The monoisotopic (exact) mass is 662 g/mol.